The predicted molar refractivity (Wildman–Crippen MR) is 128 cm³/mol. The van der Waals surface area contributed by atoms with Crippen LogP contribution in [0.5, 0.6) is 5.75 Å². The number of benzene rings is 2. The maximum absolute atomic E-state index is 13.9. The highest BCUT2D eigenvalue weighted by molar-refractivity contribution is 8.15. The van der Waals surface area contributed by atoms with E-state index in [1.165, 1.54) is 18.9 Å². The molecule has 0 fully saturated rings. The van der Waals surface area contributed by atoms with Crippen molar-refractivity contribution in [3.63, 3.8) is 0 Å². The van der Waals surface area contributed by atoms with Crippen molar-refractivity contribution in [2.45, 2.75) is 39.0 Å². The molecule has 2 aromatic rings. The number of amides is 3. The van der Waals surface area contributed by atoms with Crippen LogP contribution in [0.15, 0.2) is 47.6 Å². The fourth-order valence-electron chi connectivity index (χ4n) is 4.19. The van der Waals surface area contributed by atoms with Crippen LogP contribution < -0.4 is 15.0 Å². The normalized spacial score (nSPS) is 19.0. The number of hydrazone groups is 1. The number of fused-ring (bicyclic) bond motifs is 2. The molecular weight excluding hydrogens is 440 g/mol. The summed E-state index contributed by atoms with van der Waals surface area (Å²) in [5, 5.41) is 8.32. The van der Waals surface area contributed by atoms with E-state index >= 15 is 0 Å². The summed E-state index contributed by atoms with van der Waals surface area (Å²) in [6.45, 7) is 7.52. The molecule has 1 spiro atoms. The Balaban J connectivity index is 1.61. The molecule has 2 aromatic carbocycles. The summed E-state index contributed by atoms with van der Waals surface area (Å²) >= 11 is 1.09. The third-order valence-corrected chi connectivity index (χ3v) is 6.84. The fourth-order valence-corrected chi connectivity index (χ4v) is 5.51. The van der Waals surface area contributed by atoms with Gasteiger partial charge in [0.2, 0.25) is 16.7 Å². The van der Waals surface area contributed by atoms with Crippen molar-refractivity contribution in [3.05, 3.63) is 59.2 Å². The minimum atomic E-state index is -1.37. The highest BCUT2D eigenvalue weighted by Crippen LogP contribution is 2.55. The smallest absolute Gasteiger partial charge is 0.270 e. The van der Waals surface area contributed by atoms with E-state index in [9.17, 15) is 14.4 Å². The van der Waals surface area contributed by atoms with Crippen LogP contribution >= 0.6 is 11.8 Å². The lowest BCUT2D eigenvalue weighted by atomic mass is 10.0. The second-order valence-corrected chi connectivity index (χ2v) is 9.24. The third kappa shape index (κ3) is 3.97. The van der Waals surface area contributed by atoms with E-state index in [1.54, 1.807) is 4.90 Å². The lowest BCUT2D eigenvalue weighted by Crippen LogP contribution is -2.48. The minimum absolute atomic E-state index is 0.225. The van der Waals surface area contributed by atoms with Gasteiger partial charge < -0.3 is 15.0 Å². The average molecular weight is 467 g/mol. The number of nitrogens with one attached hydrogen (secondary N) is 1. The monoisotopic (exact) mass is 466 g/mol. The standard InChI is InChI=1S/C24H26N4O4S/c1-15-9-5-6-12-20(15)32-14-8-13-27-21-16(2)10-7-11-19(21)24(22(27)31)28(18(4)30)26-23(33-24)25-17(3)29/h5-7,9-12H,8,13-14H2,1-4H3,(H,25,26,29). The van der Waals surface area contributed by atoms with E-state index < -0.39 is 4.87 Å². The number of para-hydroxylation sites is 2. The van der Waals surface area contributed by atoms with Crippen LogP contribution in [0.1, 0.15) is 37.0 Å². The van der Waals surface area contributed by atoms with E-state index in [4.69, 9.17) is 4.74 Å². The minimum Gasteiger partial charge on any atom is -0.493 e. The lowest BCUT2D eigenvalue weighted by molar-refractivity contribution is -0.139. The number of carbonyl (C=O) groups is 3. The Kier molecular flexibility index (Phi) is 6.16. The summed E-state index contributed by atoms with van der Waals surface area (Å²) in [6.07, 6.45) is 0.605. The van der Waals surface area contributed by atoms with Crippen LogP contribution in [-0.2, 0) is 19.3 Å². The van der Waals surface area contributed by atoms with Crippen LogP contribution in [0.4, 0.5) is 5.69 Å². The van der Waals surface area contributed by atoms with E-state index in [0.29, 0.717) is 25.1 Å². The molecule has 2 aliphatic heterocycles. The predicted octanol–water partition coefficient (Wildman–Crippen LogP) is 3.27. The van der Waals surface area contributed by atoms with Gasteiger partial charge in [-0.25, -0.2) is 0 Å². The first-order chi connectivity index (χ1) is 15.8. The molecule has 0 aliphatic carbocycles. The van der Waals surface area contributed by atoms with Crippen LogP contribution in [0.25, 0.3) is 0 Å². The quantitative estimate of drug-likeness (QED) is 0.683. The Morgan fingerprint density at radius 2 is 1.82 bits per heavy atom. The number of hydrogen-bond donors (Lipinski definition) is 1. The van der Waals surface area contributed by atoms with Gasteiger partial charge in [-0.3, -0.25) is 14.4 Å². The van der Waals surface area contributed by atoms with Crippen molar-refractivity contribution in [2.75, 3.05) is 18.1 Å². The number of nitrogens with zero attached hydrogens (tertiary/aromatic N) is 3. The molecule has 1 unspecified atom stereocenters. The molecule has 9 heteroatoms. The topological polar surface area (TPSA) is 91.3 Å². The Morgan fingerprint density at radius 3 is 2.52 bits per heavy atom. The van der Waals surface area contributed by atoms with Crippen LogP contribution in [0, 0.1) is 13.8 Å². The summed E-state index contributed by atoms with van der Waals surface area (Å²) < 4.78 is 5.91. The molecule has 0 aromatic heterocycles. The molecule has 2 heterocycles. The van der Waals surface area contributed by atoms with Crippen LogP contribution in [0.3, 0.4) is 0 Å². The second-order valence-electron chi connectivity index (χ2n) is 8.06. The zero-order valence-electron chi connectivity index (χ0n) is 19.0. The first-order valence-corrected chi connectivity index (χ1v) is 11.5. The number of hydrogen-bond acceptors (Lipinski definition) is 6. The van der Waals surface area contributed by atoms with Crippen LogP contribution in [-0.4, -0.2) is 41.0 Å². The SMILES string of the molecule is CC(=O)NC1=NN(C(C)=O)C2(S1)C(=O)N(CCCOc1ccccc1C)c1c(C)cccc12. The van der Waals surface area contributed by atoms with Gasteiger partial charge in [0.05, 0.1) is 12.3 Å². The van der Waals surface area contributed by atoms with Gasteiger partial charge in [0.25, 0.3) is 5.91 Å². The van der Waals surface area contributed by atoms with E-state index in [-0.39, 0.29) is 22.9 Å². The maximum Gasteiger partial charge on any atom is 0.270 e. The number of aryl methyl sites for hydroxylation is 2. The van der Waals surface area contributed by atoms with Gasteiger partial charge in [0, 0.05) is 26.0 Å². The van der Waals surface area contributed by atoms with Gasteiger partial charge in [0.15, 0.2) is 5.17 Å². The molecule has 0 saturated carbocycles. The molecule has 172 valence electrons. The molecular formula is C24H26N4O4S. The fraction of sp³-hybridized carbons (Fsp3) is 0.333. The van der Waals surface area contributed by atoms with Crippen LogP contribution in [0.2, 0.25) is 0 Å². The number of ether oxygens (including phenoxy) is 1. The molecule has 0 saturated heterocycles. The molecule has 33 heavy (non-hydrogen) atoms. The van der Waals surface area contributed by atoms with Gasteiger partial charge >= 0.3 is 0 Å². The molecule has 1 atom stereocenters. The Labute approximate surface area is 197 Å². The summed E-state index contributed by atoms with van der Waals surface area (Å²) in [5.74, 6) is -0.136. The lowest BCUT2D eigenvalue weighted by Gasteiger charge is -2.29. The van der Waals surface area contributed by atoms with Crippen molar-refractivity contribution < 1.29 is 19.1 Å². The van der Waals surface area contributed by atoms with Gasteiger partial charge in [-0.15, -0.1) is 5.10 Å². The average Bonchev–Trinajstić information content (AvgIpc) is 3.25. The number of thioether (sulfide) groups is 1. The number of amidine groups is 1. The second kappa shape index (κ2) is 8.90. The summed E-state index contributed by atoms with van der Waals surface area (Å²) in [4.78, 5) is 38.4. The molecule has 8 nitrogen and oxygen atoms in total. The Hall–Kier alpha value is -3.33. The van der Waals surface area contributed by atoms with Gasteiger partial charge in [-0.1, -0.05) is 36.4 Å². The maximum atomic E-state index is 13.9. The largest absolute Gasteiger partial charge is 0.493 e. The summed E-state index contributed by atoms with van der Waals surface area (Å²) in [5.41, 5.74) is 3.44. The number of carbonyl (C=O) groups excluding carboxylic acids is 3. The van der Waals surface area contributed by atoms with E-state index in [2.05, 4.69) is 10.4 Å². The van der Waals surface area contributed by atoms with Gasteiger partial charge in [-0.05, 0) is 49.2 Å². The highest BCUT2D eigenvalue weighted by Gasteiger charge is 2.61. The van der Waals surface area contributed by atoms with Crippen molar-refractivity contribution >= 4 is 40.3 Å². The molecule has 1 N–H and O–H groups in total. The molecule has 3 amide bonds. The van der Waals surface area contributed by atoms with Crippen molar-refractivity contribution in [1.29, 1.82) is 0 Å². The van der Waals surface area contributed by atoms with Crippen molar-refractivity contribution in [1.82, 2.24) is 10.3 Å². The van der Waals surface area contributed by atoms with E-state index in [1.807, 2.05) is 56.3 Å². The summed E-state index contributed by atoms with van der Waals surface area (Å²) in [7, 11) is 0. The van der Waals surface area contributed by atoms with Crippen molar-refractivity contribution in [2.24, 2.45) is 5.10 Å². The Morgan fingerprint density at radius 1 is 1.09 bits per heavy atom. The number of anilines is 1. The Bertz CT molecular complexity index is 1160. The van der Waals surface area contributed by atoms with E-state index in [0.717, 1.165) is 34.3 Å². The van der Waals surface area contributed by atoms with Crippen molar-refractivity contribution in [3.8, 4) is 5.75 Å². The van der Waals surface area contributed by atoms with Gasteiger partial charge in [-0.2, -0.15) is 5.01 Å². The molecule has 2 aliphatic rings. The summed E-state index contributed by atoms with van der Waals surface area (Å²) in [6, 6.07) is 13.4. The van der Waals surface area contributed by atoms with Gasteiger partial charge in [0.1, 0.15) is 5.75 Å². The zero-order chi connectivity index (χ0) is 23.8. The molecule has 0 radical (unpaired) electrons. The number of rotatable bonds is 5. The first kappa shape index (κ1) is 22.8. The zero-order valence-corrected chi connectivity index (χ0v) is 19.9. The molecule has 4 rings (SSSR count). The highest BCUT2D eigenvalue weighted by atomic mass is 32.2. The molecule has 0 bridgehead atoms. The first-order valence-electron chi connectivity index (χ1n) is 10.7. The third-order valence-electron chi connectivity index (χ3n) is 5.60.